The van der Waals surface area contributed by atoms with E-state index >= 15 is 0 Å². The first kappa shape index (κ1) is 58.1. The van der Waals surface area contributed by atoms with Gasteiger partial charge in [0, 0.05) is 45.4 Å². The minimum Gasteiger partial charge on any atom is -0.311 e. The first-order valence-corrected chi connectivity index (χ1v) is 37.3. The van der Waals surface area contributed by atoms with E-state index in [1.54, 1.807) is 0 Å². The van der Waals surface area contributed by atoms with E-state index in [9.17, 15) is 0 Å². The second-order valence-electron chi connectivity index (χ2n) is 25.1. The maximum absolute atomic E-state index is 3.16. The molecule has 0 saturated heterocycles. The van der Waals surface area contributed by atoms with E-state index < -0.39 is 16.1 Å². The Morgan fingerprint density at radius 3 is 1.09 bits per heavy atom. The Morgan fingerprint density at radius 1 is 0.219 bits per heavy atom. The molecule has 15 aromatic rings. The molecular weight excluding hydrogens is 1190 g/mol. The van der Waals surface area contributed by atoms with Crippen LogP contribution in [-0.2, 0) is 0 Å². The summed E-state index contributed by atoms with van der Waals surface area (Å²) in [6, 6.07) is 151. The molecule has 15 aromatic carbocycles. The monoisotopic (exact) mass is 1260 g/mol. The lowest BCUT2D eigenvalue weighted by Crippen LogP contribution is -2.75. The normalized spacial score (nSPS) is 12.3. The number of hydrogen-bond acceptors (Lipinski definition) is 3. The van der Waals surface area contributed by atoms with E-state index in [2.05, 4.69) is 415 Å². The van der Waals surface area contributed by atoms with E-state index in [1.165, 1.54) is 69.0 Å². The number of benzene rings is 15. The molecule has 0 saturated carbocycles. The van der Waals surface area contributed by atoms with E-state index in [4.69, 9.17) is 0 Å². The molecule has 0 unspecified atom stereocenters. The first-order chi connectivity index (χ1) is 47.7. The van der Waals surface area contributed by atoms with Crippen molar-refractivity contribution in [3.05, 3.63) is 400 Å². The summed E-state index contributed by atoms with van der Waals surface area (Å²) in [6.45, 7) is -0.221. The van der Waals surface area contributed by atoms with Gasteiger partial charge in [-0.25, -0.2) is 0 Å². The molecule has 0 N–H and O–H groups in total. The van der Waals surface area contributed by atoms with Crippen LogP contribution < -0.4 is 72.6 Å². The first-order valence-electron chi connectivity index (χ1n) is 33.3. The topological polar surface area (TPSA) is 9.72 Å². The zero-order valence-corrected chi connectivity index (χ0v) is 55.0. The molecule has 0 aromatic heterocycles. The minimum absolute atomic E-state index is 0.221. The molecular formula is C90H66BN3Si2. The highest BCUT2D eigenvalue weighted by Gasteiger charge is 2.48. The molecule has 0 spiro atoms. The van der Waals surface area contributed by atoms with Crippen molar-refractivity contribution in [1.82, 2.24) is 0 Å². The fourth-order valence-corrected chi connectivity index (χ4v) is 25.4. The molecule has 96 heavy (non-hydrogen) atoms. The van der Waals surface area contributed by atoms with Gasteiger partial charge >= 0.3 is 0 Å². The van der Waals surface area contributed by atoms with Gasteiger partial charge in [0.15, 0.2) is 16.1 Å². The lowest BCUT2D eigenvalue weighted by molar-refractivity contribution is 1.23. The van der Waals surface area contributed by atoms with Gasteiger partial charge in [-0.2, -0.15) is 0 Å². The van der Waals surface area contributed by atoms with Gasteiger partial charge in [-0.15, -0.1) is 0 Å². The Balaban J connectivity index is 1.04. The van der Waals surface area contributed by atoms with E-state index in [-0.39, 0.29) is 6.71 Å². The highest BCUT2D eigenvalue weighted by Crippen LogP contribution is 2.50. The molecule has 0 atom stereocenters. The molecule has 0 radical (unpaired) electrons. The van der Waals surface area contributed by atoms with Gasteiger partial charge in [-0.3, -0.25) is 0 Å². The van der Waals surface area contributed by atoms with Crippen LogP contribution in [0.1, 0.15) is 0 Å². The number of fused-ring (bicyclic) bond motifs is 4. The third-order valence-corrected chi connectivity index (χ3v) is 29.4. The number of nitrogens with zero attached hydrogens (tertiary/aromatic N) is 3. The lowest BCUT2D eigenvalue weighted by atomic mass is 9.33. The van der Waals surface area contributed by atoms with Crippen LogP contribution in [-0.4, -0.2) is 22.9 Å². The van der Waals surface area contributed by atoms with Crippen molar-refractivity contribution in [2.75, 3.05) is 14.7 Å². The van der Waals surface area contributed by atoms with Gasteiger partial charge < -0.3 is 14.7 Å². The molecule has 2 aliphatic rings. The quantitative estimate of drug-likeness (QED) is 0.0748. The van der Waals surface area contributed by atoms with Crippen molar-refractivity contribution >= 4 is 132 Å². The molecule has 0 amide bonds. The summed E-state index contributed by atoms with van der Waals surface area (Å²) in [5, 5.41) is 10.5. The summed E-state index contributed by atoms with van der Waals surface area (Å²) >= 11 is 0. The number of hydrogen-bond donors (Lipinski definition) is 0. The predicted molar refractivity (Wildman–Crippen MR) is 413 cm³/mol. The van der Waals surface area contributed by atoms with Gasteiger partial charge in [0.05, 0.1) is 11.4 Å². The predicted octanol–water partition coefficient (Wildman–Crippen LogP) is 15.3. The standard InChI is InChI=1S/C90H66BN3Si2/c1-11-34-67(35-12-1)69-58-61-86-84(62-69)91-83-60-59-81(96(77-49-25-8-26-50-77,78-51-27-9-28-52-78)79-53-29-10-30-54-79)66-87(83)93(72-42-33-55-80(63-72)95(74-43-19-5-20-44-74,75-45-21-6-22-46-75)76-47-23-7-24-48-76)88-64-73(92(70-38-15-3-16-39-70)71-40-17-4-18-41-71)65-89(90(88)91)94(86)85-57-32-31-56-82(85)68-36-13-2-14-37-68/h1-66H. The Kier molecular flexibility index (Phi) is 15.1. The zero-order chi connectivity index (χ0) is 63.8. The number of para-hydroxylation sites is 3. The minimum atomic E-state index is -3.16. The second kappa shape index (κ2) is 24.9. The van der Waals surface area contributed by atoms with Crippen LogP contribution in [0.3, 0.4) is 0 Å². The Morgan fingerprint density at radius 2 is 0.615 bits per heavy atom. The Hall–Kier alpha value is -11.8. The summed E-state index contributed by atoms with van der Waals surface area (Å²) < 4.78 is 0. The Bertz CT molecular complexity index is 5000. The van der Waals surface area contributed by atoms with Crippen LogP contribution in [0, 0.1) is 0 Å². The average Bonchev–Trinajstić information content (AvgIpc) is 0.687. The van der Waals surface area contributed by atoms with Crippen LogP contribution in [0.2, 0.25) is 0 Å². The van der Waals surface area contributed by atoms with Gasteiger partial charge in [0.1, 0.15) is 0 Å². The molecule has 452 valence electrons. The van der Waals surface area contributed by atoms with Crippen LogP contribution >= 0.6 is 0 Å². The third-order valence-electron chi connectivity index (χ3n) is 19.9. The van der Waals surface area contributed by atoms with Crippen molar-refractivity contribution in [1.29, 1.82) is 0 Å². The maximum Gasteiger partial charge on any atom is 0.252 e. The third kappa shape index (κ3) is 9.80. The van der Waals surface area contributed by atoms with Crippen molar-refractivity contribution in [3.63, 3.8) is 0 Å². The zero-order valence-electron chi connectivity index (χ0n) is 53.0. The van der Waals surface area contributed by atoms with Gasteiger partial charge in [-0.05, 0) is 141 Å². The number of rotatable bonds is 15. The van der Waals surface area contributed by atoms with E-state index in [1.807, 2.05) is 0 Å². The molecule has 17 rings (SSSR count). The van der Waals surface area contributed by atoms with Crippen LogP contribution in [0.15, 0.2) is 400 Å². The van der Waals surface area contributed by atoms with Crippen molar-refractivity contribution in [3.8, 4) is 22.3 Å². The summed E-state index contributed by atoms with van der Waals surface area (Å²) in [5.74, 6) is 0. The average molecular weight is 1260 g/mol. The molecule has 2 aliphatic heterocycles. The van der Waals surface area contributed by atoms with Crippen molar-refractivity contribution < 1.29 is 0 Å². The van der Waals surface area contributed by atoms with Gasteiger partial charge in [0.25, 0.3) is 6.71 Å². The van der Waals surface area contributed by atoms with Gasteiger partial charge in [0.2, 0.25) is 0 Å². The van der Waals surface area contributed by atoms with Crippen LogP contribution in [0.25, 0.3) is 22.3 Å². The van der Waals surface area contributed by atoms with Gasteiger partial charge in [-0.1, -0.05) is 334 Å². The summed E-state index contributed by atoms with van der Waals surface area (Å²) in [7, 11) is -6.26. The molecule has 6 heteroatoms. The van der Waals surface area contributed by atoms with E-state index in [0.717, 1.165) is 62.3 Å². The lowest BCUT2D eigenvalue weighted by Gasteiger charge is -2.46. The Labute approximate surface area is 565 Å². The highest BCUT2D eigenvalue weighted by molar-refractivity contribution is 7.20. The maximum atomic E-state index is 2.68. The van der Waals surface area contributed by atoms with Crippen molar-refractivity contribution in [2.24, 2.45) is 0 Å². The number of anilines is 9. The molecule has 0 aliphatic carbocycles. The van der Waals surface area contributed by atoms with Crippen molar-refractivity contribution in [2.45, 2.75) is 0 Å². The highest BCUT2D eigenvalue weighted by atomic mass is 28.3. The fraction of sp³-hybridized carbons (Fsp3) is 0. The van der Waals surface area contributed by atoms with Crippen LogP contribution in [0.5, 0.6) is 0 Å². The molecule has 0 fully saturated rings. The SMILES string of the molecule is c1ccc(-c2ccc3c(c2)B2c4ccc([Si](c5ccccc5)(c5ccccc5)c5ccccc5)cc4N(c4cccc([Si](c5ccccc5)(c5ccccc5)c5ccccc5)c4)c4cc(N(c5ccccc5)c5ccccc5)cc(c42)N3c2ccccc2-c2ccccc2)cc1. The van der Waals surface area contributed by atoms with Crippen LogP contribution in [0.4, 0.5) is 51.2 Å². The summed E-state index contributed by atoms with van der Waals surface area (Å²) in [6.07, 6.45) is 0. The largest absolute Gasteiger partial charge is 0.311 e. The summed E-state index contributed by atoms with van der Waals surface area (Å²) in [4.78, 5) is 7.74. The molecule has 3 nitrogen and oxygen atoms in total. The van der Waals surface area contributed by atoms with E-state index in [0.29, 0.717) is 0 Å². The molecule has 0 bridgehead atoms. The summed E-state index contributed by atoms with van der Waals surface area (Å²) in [5.41, 5.74) is 18.2. The molecule has 2 heterocycles. The fourth-order valence-electron chi connectivity index (χ4n) is 15.8. The smallest absolute Gasteiger partial charge is 0.252 e. The second-order valence-corrected chi connectivity index (χ2v) is 32.7.